The molecule has 0 atom stereocenters. The lowest BCUT2D eigenvalue weighted by atomic mass is 9.76. The van der Waals surface area contributed by atoms with Crippen LogP contribution in [0.5, 0.6) is 5.75 Å². The van der Waals surface area contributed by atoms with E-state index in [1.807, 2.05) is 18.3 Å². The molecule has 0 amide bonds. The Hall–Kier alpha value is -1.87. The number of rotatable bonds is 5. The highest BCUT2D eigenvalue weighted by molar-refractivity contribution is 5.32. The first-order valence-electron chi connectivity index (χ1n) is 7.54. The third-order valence-corrected chi connectivity index (χ3v) is 4.38. The van der Waals surface area contributed by atoms with Crippen molar-refractivity contribution in [2.45, 2.75) is 38.3 Å². The lowest BCUT2D eigenvalue weighted by Crippen LogP contribution is -2.39. The first-order valence-corrected chi connectivity index (χ1v) is 7.54. The summed E-state index contributed by atoms with van der Waals surface area (Å²) < 4.78 is 5.30. The average Bonchev–Trinajstić information content (AvgIpc) is 2.47. The summed E-state index contributed by atoms with van der Waals surface area (Å²) in [5.74, 6) is 1.61. The summed E-state index contributed by atoms with van der Waals surface area (Å²) in [5, 5.41) is 3.61. The van der Waals surface area contributed by atoms with Gasteiger partial charge in [0.25, 0.3) is 0 Å². The minimum atomic E-state index is 0.600. The molecule has 1 fully saturated rings. The Bertz CT molecular complexity index is 606. The smallest absolute Gasteiger partial charge is 0.119 e. The maximum Gasteiger partial charge on any atom is 0.119 e. The molecule has 1 aliphatic carbocycles. The molecule has 0 saturated heterocycles. The lowest BCUT2D eigenvalue weighted by molar-refractivity contribution is 0.287. The lowest BCUT2D eigenvalue weighted by Gasteiger charge is -2.36. The van der Waals surface area contributed by atoms with Crippen molar-refractivity contribution in [3.63, 3.8) is 0 Å². The standard InChI is InChI=1S/C18H22N2O/c1-13-5-4-8-19-18(13)12-20-16-9-15(10-16)14-6-3-7-17(11-14)21-2/h3-8,11,15-16,20H,9-10,12H2,1-2H3. The van der Waals surface area contributed by atoms with Crippen LogP contribution in [0.25, 0.3) is 0 Å². The second-order valence-corrected chi connectivity index (χ2v) is 5.79. The SMILES string of the molecule is COc1cccc(C2CC(NCc3ncccc3C)C2)c1. The molecule has 3 nitrogen and oxygen atoms in total. The monoisotopic (exact) mass is 282 g/mol. The van der Waals surface area contributed by atoms with Crippen molar-refractivity contribution >= 4 is 0 Å². The minimum Gasteiger partial charge on any atom is -0.497 e. The minimum absolute atomic E-state index is 0.600. The third kappa shape index (κ3) is 3.24. The number of aryl methyl sites for hydroxylation is 1. The number of aromatic nitrogens is 1. The van der Waals surface area contributed by atoms with Crippen LogP contribution in [0.2, 0.25) is 0 Å². The molecule has 0 bridgehead atoms. The molecule has 21 heavy (non-hydrogen) atoms. The van der Waals surface area contributed by atoms with Gasteiger partial charge in [-0.15, -0.1) is 0 Å². The number of nitrogens with one attached hydrogen (secondary N) is 1. The number of nitrogens with zero attached hydrogens (tertiary/aromatic N) is 1. The zero-order chi connectivity index (χ0) is 14.7. The summed E-state index contributed by atoms with van der Waals surface area (Å²) in [7, 11) is 1.72. The highest BCUT2D eigenvalue weighted by Crippen LogP contribution is 2.38. The van der Waals surface area contributed by atoms with Gasteiger partial charge in [-0.05, 0) is 55.0 Å². The quantitative estimate of drug-likeness (QED) is 0.912. The highest BCUT2D eigenvalue weighted by Gasteiger charge is 2.30. The molecular weight excluding hydrogens is 260 g/mol. The van der Waals surface area contributed by atoms with Crippen molar-refractivity contribution in [2.24, 2.45) is 0 Å². The van der Waals surface area contributed by atoms with Crippen LogP contribution in [0.4, 0.5) is 0 Å². The van der Waals surface area contributed by atoms with Crippen molar-refractivity contribution < 1.29 is 4.74 Å². The summed E-state index contributed by atoms with van der Waals surface area (Å²) in [4.78, 5) is 4.43. The van der Waals surface area contributed by atoms with Crippen LogP contribution < -0.4 is 10.1 Å². The topological polar surface area (TPSA) is 34.1 Å². The van der Waals surface area contributed by atoms with Crippen molar-refractivity contribution in [3.05, 3.63) is 59.4 Å². The van der Waals surface area contributed by atoms with Crippen molar-refractivity contribution in [1.29, 1.82) is 0 Å². The Labute approximate surface area is 126 Å². The van der Waals surface area contributed by atoms with Gasteiger partial charge in [0.2, 0.25) is 0 Å². The number of hydrogen-bond donors (Lipinski definition) is 1. The van der Waals surface area contributed by atoms with Crippen molar-refractivity contribution in [1.82, 2.24) is 10.3 Å². The highest BCUT2D eigenvalue weighted by atomic mass is 16.5. The second kappa shape index (κ2) is 6.27. The fourth-order valence-corrected chi connectivity index (χ4v) is 2.90. The molecule has 1 saturated carbocycles. The molecule has 0 aliphatic heterocycles. The molecule has 1 aliphatic rings. The Morgan fingerprint density at radius 3 is 2.86 bits per heavy atom. The molecule has 1 aromatic heterocycles. The zero-order valence-electron chi connectivity index (χ0n) is 12.7. The van der Waals surface area contributed by atoms with Gasteiger partial charge in [-0.25, -0.2) is 0 Å². The third-order valence-electron chi connectivity index (χ3n) is 4.38. The van der Waals surface area contributed by atoms with E-state index in [2.05, 4.69) is 41.5 Å². The molecule has 110 valence electrons. The van der Waals surface area contributed by atoms with Crippen LogP contribution in [0.15, 0.2) is 42.6 Å². The average molecular weight is 282 g/mol. The molecular formula is C18H22N2O. The summed E-state index contributed by atoms with van der Waals surface area (Å²) in [6.45, 7) is 2.98. The van der Waals surface area contributed by atoms with E-state index in [0.717, 1.165) is 18.0 Å². The summed E-state index contributed by atoms with van der Waals surface area (Å²) in [6, 6.07) is 13.1. The summed E-state index contributed by atoms with van der Waals surface area (Å²) >= 11 is 0. The van der Waals surface area contributed by atoms with Gasteiger partial charge in [0, 0.05) is 18.8 Å². The largest absolute Gasteiger partial charge is 0.497 e. The fourth-order valence-electron chi connectivity index (χ4n) is 2.90. The fraction of sp³-hybridized carbons (Fsp3) is 0.389. The van der Waals surface area contributed by atoms with E-state index in [0.29, 0.717) is 12.0 Å². The van der Waals surface area contributed by atoms with Crippen molar-refractivity contribution in [2.75, 3.05) is 7.11 Å². The van der Waals surface area contributed by atoms with E-state index in [1.54, 1.807) is 7.11 Å². The summed E-state index contributed by atoms with van der Waals surface area (Å²) in [6.07, 6.45) is 4.25. The van der Waals surface area contributed by atoms with Crippen LogP contribution >= 0.6 is 0 Å². The van der Waals surface area contributed by atoms with E-state index >= 15 is 0 Å². The number of pyridine rings is 1. The van der Waals surface area contributed by atoms with Crippen LogP contribution in [-0.4, -0.2) is 18.1 Å². The number of ether oxygens (including phenoxy) is 1. The van der Waals surface area contributed by atoms with Gasteiger partial charge in [-0.3, -0.25) is 4.98 Å². The van der Waals surface area contributed by atoms with Crippen molar-refractivity contribution in [3.8, 4) is 5.75 Å². The van der Waals surface area contributed by atoms with Crippen LogP contribution in [0, 0.1) is 6.92 Å². The Morgan fingerprint density at radius 1 is 1.24 bits per heavy atom. The maximum atomic E-state index is 5.30. The molecule has 3 rings (SSSR count). The number of benzene rings is 1. The van der Waals surface area contributed by atoms with Crippen LogP contribution in [0.1, 0.15) is 35.6 Å². The first kappa shape index (κ1) is 14.1. The van der Waals surface area contributed by atoms with Crippen LogP contribution in [0.3, 0.4) is 0 Å². The van der Waals surface area contributed by atoms with E-state index in [1.165, 1.54) is 24.0 Å². The Balaban J connectivity index is 1.51. The molecule has 1 heterocycles. The van der Waals surface area contributed by atoms with Gasteiger partial charge in [0.1, 0.15) is 5.75 Å². The normalized spacial score (nSPS) is 20.9. The molecule has 0 spiro atoms. The predicted octanol–water partition coefficient (Wildman–Crippen LogP) is 3.43. The Kier molecular flexibility index (Phi) is 4.20. The zero-order valence-corrected chi connectivity index (χ0v) is 12.7. The maximum absolute atomic E-state index is 5.30. The molecule has 2 aromatic rings. The van der Waals surface area contributed by atoms with Gasteiger partial charge in [-0.1, -0.05) is 18.2 Å². The van der Waals surface area contributed by atoms with E-state index < -0.39 is 0 Å². The number of methoxy groups -OCH3 is 1. The van der Waals surface area contributed by atoms with Gasteiger partial charge in [-0.2, -0.15) is 0 Å². The molecule has 3 heteroatoms. The van der Waals surface area contributed by atoms with Gasteiger partial charge < -0.3 is 10.1 Å². The molecule has 1 aromatic carbocycles. The first-order chi connectivity index (χ1) is 10.3. The van der Waals surface area contributed by atoms with Gasteiger partial charge in [0.15, 0.2) is 0 Å². The van der Waals surface area contributed by atoms with Gasteiger partial charge >= 0.3 is 0 Å². The van der Waals surface area contributed by atoms with E-state index in [4.69, 9.17) is 4.74 Å². The summed E-state index contributed by atoms with van der Waals surface area (Å²) in [5.41, 5.74) is 3.80. The predicted molar refractivity (Wildman–Crippen MR) is 84.6 cm³/mol. The van der Waals surface area contributed by atoms with Crippen LogP contribution in [-0.2, 0) is 6.54 Å². The second-order valence-electron chi connectivity index (χ2n) is 5.79. The van der Waals surface area contributed by atoms with E-state index in [-0.39, 0.29) is 0 Å². The Morgan fingerprint density at radius 2 is 2.10 bits per heavy atom. The molecule has 0 radical (unpaired) electrons. The number of hydrogen-bond acceptors (Lipinski definition) is 3. The molecule has 1 N–H and O–H groups in total. The molecule has 0 unspecified atom stereocenters. The van der Waals surface area contributed by atoms with Gasteiger partial charge in [0.05, 0.1) is 12.8 Å². The van der Waals surface area contributed by atoms with E-state index in [9.17, 15) is 0 Å².